The molecule has 25 heavy (non-hydrogen) atoms. The van der Waals surface area contributed by atoms with Crippen molar-refractivity contribution in [2.24, 2.45) is 5.73 Å². The number of benzene rings is 1. The van der Waals surface area contributed by atoms with E-state index in [1.807, 2.05) is 6.07 Å². The van der Waals surface area contributed by atoms with Crippen molar-refractivity contribution in [3.8, 4) is 0 Å². The third-order valence-corrected chi connectivity index (χ3v) is 3.64. The number of ether oxygens (including phenoxy) is 2. The summed E-state index contributed by atoms with van der Waals surface area (Å²) in [6.45, 7) is 4.71. The van der Waals surface area contributed by atoms with Gasteiger partial charge in [0.15, 0.2) is 0 Å². The molecule has 0 aromatic heterocycles. The van der Waals surface area contributed by atoms with Gasteiger partial charge in [-0.25, -0.2) is 4.79 Å². The summed E-state index contributed by atoms with van der Waals surface area (Å²) in [4.78, 5) is 36.1. The van der Waals surface area contributed by atoms with Gasteiger partial charge in [-0.05, 0) is 19.4 Å². The Morgan fingerprint density at radius 3 is 2.36 bits per heavy atom. The molecule has 2 rings (SSSR count). The Hall–Kier alpha value is -3.09. The highest BCUT2D eigenvalue weighted by molar-refractivity contribution is 6.01. The molecule has 1 atom stereocenters. The number of hydrogen-bond donors (Lipinski definition) is 2. The van der Waals surface area contributed by atoms with E-state index >= 15 is 0 Å². The van der Waals surface area contributed by atoms with Gasteiger partial charge in [-0.15, -0.1) is 0 Å². The minimum absolute atomic E-state index is 0.00458. The molecule has 0 radical (unpaired) electrons. The molecule has 0 aliphatic carbocycles. The molecule has 1 unspecified atom stereocenters. The fourth-order valence-electron chi connectivity index (χ4n) is 2.70. The molecule has 1 heterocycles. The van der Waals surface area contributed by atoms with Crippen LogP contribution in [0.15, 0.2) is 53.1 Å². The molecule has 3 N–H and O–H groups in total. The lowest BCUT2D eigenvalue weighted by molar-refractivity contribution is -0.139. The lowest BCUT2D eigenvalue weighted by Gasteiger charge is -2.29. The average molecular weight is 344 g/mol. The normalized spacial score (nSPS) is 17.0. The van der Waals surface area contributed by atoms with Crippen molar-refractivity contribution in [1.82, 2.24) is 5.32 Å². The molecule has 0 bridgehead atoms. The molecule has 2 amide bonds. The minimum Gasteiger partial charge on any atom is -0.463 e. The van der Waals surface area contributed by atoms with Crippen LogP contribution in [0, 0.1) is 0 Å². The number of carbonyl (C=O) groups excluding carboxylic acids is 3. The van der Waals surface area contributed by atoms with Crippen molar-refractivity contribution in [3.05, 3.63) is 58.7 Å². The van der Waals surface area contributed by atoms with Gasteiger partial charge in [0.25, 0.3) is 5.91 Å². The van der Waals surface area contributed by atoms with Gasteiger partial charge >= 0.3 is 5.97 Å². The summed E-state index contributed by atoms with van der Waals surface area (Å²) in [5.74, 6) is -2.46. The van der Waals surface area contributed by atoms with Gasteiger partial charge in [-0.2, -0.15) is 0 Å². The first-order valence-electron chi connectivity index (χ1n) is 7.79. The highest BCUT2D eigenvalue weighted by atomic mass is 16.5. The van der Waals surface area contributed by atoms with Crippen LogP contribution in [0.3, 0.4) is 0 Å². The van der Waals surface area contributed by atoms with Gasteiger partial charge in [-0.1, -0.05) is 30.3 Å². The SMILES string of the molecule is CCOC(=O)C1=C(C)OC(NC(C)=O)=C(C(N)=O)C1c1ccccc1. The quantitative estimate of drug-likeness (QED) is 0.787. The van der Waals surface area contributed by atoms with E-state index in [0.717, 1.165) is 0 Å². The first-order valence-corrected chi connectivity index (χ1v) is 7.79. The zero-order chi connectivity index (χ0) is 18.6. The van der Waals surface area contributed by atoms with Crippen molar-refractivity contribution in [3.63, 3.8) is 0 Å². The molecule has 0 spiro atoms. The molecular formula is C18H20N2O5. The highest BCUT2D eigenvalue weighted by Gasteiger charge is 2.39. The minimum atomic E-state index is -0.799. The Labute approximate surface area is 145 Å². The summed E-state index contributed by atoms with van der Waals surface area (Å²) in [6.07, 6.45) is 0. The average Bonchev–Trinajstić information content (AvgIpc) is 2.54. The maximum atomic E-state index is 12.5. The monoisotopic (exact) mass is 344 g/mol. The van der Waals surface area contributed by atoms with Crippen LogP contribution in [0.1, 0.15) is 32.3 Å². The predicted molar refractivity (Wildman–Crippen MR) is 89.6 cm³/mol. The van der Waals surface area contributed by atoms with Crippen molar-refractivity contribution < 1.29 is 23.9 Å². The van der Waals surface area contributed by atoms with Crippen LogP contribution < -0.4 is 11.1 Å². The molecule has 7 heteroatoms. The van der Waals surface area contributed by atoms with Crippen LogP contribution in [0.2, 0.25) is 0 Å². The first-order chi connectivity index (χ1) is 11.9. The maximum Gasteiger partial charge on any atom is 0.338 e. The van der Waals surface area contributed by atoms with Gasteiger partial charge < -0.3 is 15.2 Å². The van der Waals surface area contributed by atoms with Crippen LogP contribution in [0.5, 0.6) is 0 Å². The van der Waals surface area contributed by atoms with E-state index in [1.165, 1.54) is 6.92 Å². The van der Waals surface area contributed by atoms with Crippen LogP contribution in [0.25, 0.3) is 0 Å². The Morgan fingerprint density at radius 2 is 1.84 bits per heavy atom. The fourth-order valence-corrected chi connectivity index (χ4v) is 2.70. The molecular weight excluding hydrogens is 324 g/mol. The summed E-state index contributed by atoms with van der Waals surface area (Å²) in [7, 11) is 0. The lowest BCUT2D eigenvalue weighted by Crippen LogP contribution is -2.35. The summed E-state index contributed by atoms with van der Waals surface area (Å²) in [5.41, 5.74) is 6.37. The third-order valence-electron chi connectivity index (χ3n) is 3.64. The van der Waals surface area contributed by atoms with E-state index in [0.29, 0.717) is 5.56 Å². The number of nitrogens with two attached hydrogens (primary N) is 1. The van der Waals surface area contributed by atoms with E-state index < -0.39 is 23.7 Å². The van der Waals surface area contributed by atoms with Gasteiger partial charge in [-0.3, -0.25) is 14.9 Å². The largest absolute Gasteiger partial charge is 0.463 e. The third kappa shape index (κ3) is 3.88. The highest BCUT2D eigenvalue weighted by Crippen LogP contribution is 2.40. The number of esters is 1. The second kappa shape index (κ2) is 7.65. The molecule has 1 aromatic rings. The maximum absolute atomic E-state index is 12.5. The Bertz CT molecular complexity index is 765. The Kier molecular flexibility index (Phi) is 5.59. The number of hydrogen-bond acceptors (Lipinski definition) is 5. The number of primary amides is 1. The Balaban J connectivity index is 2.67. The van der Waals surface area contributed by atoms with Gasteiger partial charge in [0, 0.05) is 6.92 Å². The first kappa shape index (κ1) is 18.3. The van der Waals surface area contributed by atoms with Crippen molar-refractivity contribution >= 4 is 17.8 Å². The molecule has 0 fully saturated rings. The number of nitrogens with one attached hydrogen (secondary N) is 1. The van der Waals surface area contributed by atoms with Crippen molar-refractivity contribution in [2.45, 2.75) is 26.7 Å². The fraction of sp³-hybridized carbons (Fsp3) is 0.278. The summed E-state index contributed by atoms with van der Waals surface area (Å²) >= 11 is 0. The lowest BCUT2D eigenvalue weighted by atomic mass is 9.82. The smallest absolute Gasteiger partial charge is 0.338 e. The number of rotatable bonds is 5. The summed E-state index contributed by atoms with van der Waals surface area (Å²) in [6, 6.07) is 8.89. The van der Waals surface area contributed by atoms with Gasteiger partial charge in [0.2, 0.25) is 11.8 Å². The van der Waals surface area contributed by atoms with Crippen LogP contribution in [-0.2, 0) is 23.9 Å². The molecule has 132 valence electrons. The number of allylic oxidation sites excluding steroid dienone is 1. The van der Waals surface area contributed by atoms with Crippen LogP contribution >= 0.6 is 0 Å². The van der Waals surface area contributed by atoms with E-state index in [1.54, 1.807) is 38.1 Å². The summed E-state index contributed by atoms with van der Waals surface area (Å²) in [5, 5.41) is 2.47. The zero-order valence-electron chi connectivity index (χ0n) is 14.3. The van der Waals surface area contributed by atoms with Crippen molar-refractivity contribution in [2.75, 3.05) is 6.61 Å². The Morgan fingerprint density at radius 1 is 1.20 bits per heavy atom. The standard InChI is InChI=1S/C18H20N2O5/c1-4-24-18(23)13-10(2)25-17(20-11(3)21)15(16(19)22)14(13)12-8-6-5-7-9-12/h5-9,14H,4H2,1-3H3,(H2,19,22)(H,20,21). The van der Waals surface area contributed by atoms with Crippen LogP contribution in [0.4, 0.5) is 0 Å². The van der Waals surface area contributed by atoms with Gasteiger partial charge in [0.05, 0.1) is 23.7 Å². The molecule has 1 aromatic carbocycles. The molecule has 0 saturated heterocycles. The van der Waals surface area contributed by atoms with Crippen molar-refractivity contribution in [1.29, 1.82) is 0 Å². The second-order valence-corrected chi connectivity index (χ2v) is 5.42. The molecule has 7 nitrogen and oxygen atoms in total. The van der Waals surface area contributed by atoms with E-state index in [2.05, 4.69) is 5.32 Å². The number of amides is 2. The molecule has 1 aliphatic rings. The second-order valence-electron chi connectivity index (χ2n) is 5.42. The predicted octanol–water partition coefficient (Wildman–Crippen LogP) is 1.47. The van der Waals surface area contributed by atoms with Gasteiger partial charge in [0.1, 0.15) is 5.76 Å². The zero-order valence-corrected chi connectivity index (χ0v) is 14.3. The number of carbonyl (C=O) groups is 3. The van der Waals surface area contributed by atoms with E-state index in [-0.39, 0.29) is 29.4 Å². The van der Waals surface area contributed by atoms with E-state index in [9.17, 15) is 14.4 Å². The van der Waals surface area contributed by atoms with Crippen LogP contribution in [-0.4, -0.2) is 24.4 Å². The summed E-state index contributed by atoms with van der Waals surface area (Å²) < 4.78 is 10.6. The molecule has 0 saturated carbocycles. The topological polar surface area (TPSA) is 108 Å². The van der Waals surface area contributed by atoms with E-state index in [4.69, 9.17) is 15.2 Å². The molecule has 1 aliphatic heterocycles.